The third-order valence-corrected chi connectivity index (χ3v) is 5.16. The molecule has 27 heavy (non-hydrogen) atoms. The highest BCUT2D eigenvalue weighted by atomic mass is 16.2. The number of amides is 1. The van der Waals surface area contributed by atoms with E-state index in [1.54, 1.807) is 12.4 Å². The summed E-state index contributed by atoms with van der Waals surface area (Å²) in [4.78, 5) is 23.3. The summed E-state index contributed by atoms with van der Waals surface area (Å²) in [5.41, 5.74) is 3.31. The zero-order valence-corrected chi connectivity index (χ0v) is 15.6. The first-order valence-corrected chi connectivity index (χ1v) is 9.62. The van der Waals surface area contributed by atoms with Crippen LogP contribution in [-0.2, 0) is 13.0 Å². The molecule has 140 valence electrons. The van der Waals surface area contributed by atoms with Crippen molar-refractivity contribution in [2.24, 2.45) is 5.92 Å². The van der Waals surface area contributed by atoms with Gasteiger partial charge >= 0.3 is 0 Å². The Labute approximate surface area is 158 Å². The number of rotatable bonds is 5. The third kappa shape index (κ3) is 3.97. The molecule has 0 spiro atoms. The predicted octanol–water partition coefficient (Wildman–Crippen LogP) is 2.73. The maximum atomic E-state index is 12.8. The van der Waals surface area contributed by atoms with Gasteiger partial charge in [0, 0.05) is 43.8 Å². The molecule has 0 N–H and O–H groups in total. The normalized spacial score (nSPS) is 15.4. The molecule has 4 rings (SSSR count). The fourth-order valence-electron chi connectivity index (χ4n) is 3.66. The van der Waals surface area contributed by atoms with E-state index in [4.69, 9.17) is 0 Å². The average molecular weight is 364 g/mol. The maximum Gasteiger partial charge on any atom is 0.253 e. The van der Waals surface area contributed by atoms with Crippen molar-refractivity contribution in [2.45, 2.75) is 39.2 Å². The molecule has 7 heteroatoms. The predicted molar refractivity (Wildman–Crippen MR) is 102 cm³/mol. The molecule has 3 heterocycles. The van der Waals surface area contributed by atoms with Crippen LogP contribution in [0.1, 0.15) is 42.2 Å². The Balaban J connectivity index is 1.35. The minimum Gasteiger partial charge on any atom is -0.339 e. The molecule has 7 nitrogen and oxygen atoms in total. The van der Waals surface area contributed by atoms with Gasteiger partial charge in [0.25, 0.3) is 5.91 Å². The van der Waals surface area contributed by atoms with Crippen molar-refractivity contribution < 1.29 is 4.79 Å². The molecule has 1 saturated heterocycles. The zero-order chi connectivity index (χ0) is 18.6. The second kappa shape index (κ2) is 7.82. The van der Waals surface area contributed by atoms with Crippen LogP contribution < -0.4 is 0 Å². The number of benzene rings is 1. The fourth-order valence-corrected chi connectivity index (χ4v) is 3.66. The van der Waals surface area contributed by atoms with Crippen LogP contribution >= 0.6 is 0 Å². The lowest BCUT2D eigenvalue weighted by Crippen LogP contribution is -2.39. The van der Waals surface area contributed by atoms with E-state index in [-0.39, 0.29) is 5.91 Å². The Kier molecular flexibility index (Phi) is 5.09. The van der Waals surface area contributed by atoms with Gasteiger partial charge in [0.1, 0.15) is 0 Å². The summed E-state index contributed by atoms with van der Waals surface area (Å²) in [6, 6.07) is 5.54. The van der Waals surface area contributed by atoms with Gasteiger partial charge in [0.05, 0.1) is 16.7 Å². The van der Waals surface area contributed by atoms with E-state index in [1.165, 1.54) is 0 Å². The second-order valence-corrected chi connectivity index (χ2v) is 7.18. The molecule has 0 bridgehead atoms. The summed E-state index contributed by atoms with van der Waals surface area (Å²) in [6.45, 7) is 4.58. The minimum atomic E-state index is 0.0759. The Bertz CT molecular complexity index is 929. The van der Waals surface area contributed by atoms with E-state index in [2.05, 4.69) is 33.4 Å². The van der Waals surface area contributed by atoms with E-state index in [9.17, 15) is 4.79 Å². The Morgan fingerprint density at radius 2 is 1.93 bits per heavy atom. The van der Waals surface area contributed by atoms with Crippen LogP contribution in [0.3, 0.4) is 0 Å². The van der Waals surface area contributed by atoms with Gasteiger partial charge in [-0.2, -0.15) is 0 Å². The molecule has 1 aromatic carbocycles. The van der Waals surface area contributed by atoms with Crippen molar-refractivity contribution in [3.63, 3.8) is 0 Å². The molecule has 3 aromatic rings. The fraction of sp³-hybridized carbons (Fsp3) is 0.450. The number of hydrogen-bond acceptors (Lipinski definition) is 5. The lowest BCUT2D eigenvalue weighted by molar-refractivity contribution is 0.0681. The molecule has 1 amide bonds. The van der Waals surface area contributed by atoms with Gasteiger partial charge in [0.15, 0.2) is 0 Å². The summed E-state index contributed by atoms with van der Waals surface area (Å²) in [6.07, 6.45) is 9.40. The number of aryl methyl sites for hydroxylation is 1. The van der Waals surface area contributed by atoms with Crippen molar-refractivity contribution in [3.8, 4) is 0 Å². The molecule has 2 aromatic heterocycles. The summed E-state index contributed by atoms with van der Waals surface area (Å²) in [7, 11) is 0. The summed E-state index contributed by atoms with van der Waals surface area (Å²) < 4.78 is 1.95. The topological polar surface area (TPSA) is 76.8 Å². The summed E-state index contributed by atoms with van der Waals surface area (Å²) in [5.74, 6) is 0.611. The molecular formula is C20H24N6O. The van der Waals surface area contributed by atoms with Gasteiger partial charge in [-0.15, -0.1) is 5.10 Å². The zero-order valence-electron chi connectivity index (χ0n) is 15.6. The number of aromatic nitrogens is 5. The highest BCUT2D eigenvalue weighted by Gasteiger charge is 2.24. The van der Waals surface area contributed by atoms with E-state index < -0.39 is 0 Å². The lowest BCUT2D eigenvalue weighted by atomic mass is 9.96. The first-order valence-electron chi connectivity index (χ1n) is 9.62. The standard InChI is InChI=1S/C20H24N6O/c1-2-3-17-14-26(24-23-17)13-15-6-10-25(11-7-15)20(27)16-4-5-18-19(12-16)22-9-8-21-18/h4-5,8-9,12,14-15H,2-3,6-7,10-11,13H2,1H3. The van der Waals surface area contributed by atoms with Gasteiger partial charge < -0.3 is 4.90 Å². The lowest BCUT2D eigenvalue weighted by Gasteiger charge is -2.32. The highest BCUT2D eigenvalue weighted by molar-refractivity contribution is 5.97. The van der Waals surface area contributed by atoms with E-state index in [1.807, 2.05) is 27.8 Å². The number of piperidine rings is 1. The van der Waals surface area contributed by atoms with Crippen LogP contribution in [0.5, 0.6) is 0 Å². The van der Waals surface area contributed by atoms with Crippen LogP contribution in [0, 0.1) is 5.92 Å². The first kappa shape index (κ1) is 17.6. The summed E-state index contributed by atoms with van der Waals surface area (Å²) in [5, 5.41) is 8.45. The van der Waals surface area contributed by atoms with Crippen molar-refractivity contribution in [1.82, 2.24) is 29.9 Å². The third-order valence-electron chi connectivity index (χ3n) is 5.16. The van der Waals surface area contributed by atoms with Gasteiger partial charge in [-0.3, -0.25) is 19.4 Å². The van der Waals surface area contributed by atoms with Gasteiger partial charge in [-0.05, 0) is 43.4 Å². The van der Waals surface area contributed by atoms with E-state index in [0.29, 0.717) is 11.5 Å². The highest BCUT2D eigenvalue weighted by Crippen LogP contribution is 2.21. The van der Waals surface area contributed by atoms with Crippen LogP contribution in [0.25, 0.3) is 11.0 Å². The number of likely N-dealkylation sites (tertiary alicyclic amines) is 1. The first-order chi connectivity index (χ1) is 13.2. The minimum absolute atomic E-state index is 0.0759. The Morgan fingerprint density at radius 1 is 1.15 bits per heavy atom. The number of hydrogen-bond donors (Lipinski definition) is 0. The van der Waals surface area contributed by atoms with E-state index >= 15 is 0 Å². The number of fused-ring (bicyclic) bond motifs is 1. The summed E-state index contributed by atoms with van der Waals surface area (Å²) >= 11 is 0. The second-order valence-electron chi connectivity index (χ2n) is 7.18. The SMILES string of the molecule is CCCc1cn(CC2CCN(C(=O)c3ccc4nccnc4c3)CC2)nn1. The van der Waals surface area contributed by atoms with Crippen molar-refractivity contribution in [2.75, 3.05) is 13.1 Å². The van der Waals surface area contributed by atoms with Crippen LogP contribution in [0.15, 0.2) is 36.8 Å². The smallest absolute Gasteiger partial charge is 0.253 e. The number of nitrogens with zero attached hydrogens (tertiary/aromatic N) is 6. The monoisotopic (exact) mass is 364 g/mol. The molecule has 0 unspecified atom stereocenters. The molecule has 1 fully saturated rings. The molecule has 0 aliphatic carbocycles. The van der Waals surface area contributed by atoms with Crippen molar-refractivity contribution in [1.29, 1.82) is 0 Å². The Morgan fingerprint density at radius 3 is 2.70 bits per heavy atom. The molecule has 1 aliphatic heterocycles. The van der Waals surface area contributed by atoms with Gasteiger partial charge in [-0.25, -0.2) is 0 Å². The van der Waals surface area contributed by atoms with Gasteiger partial charge in [0.2, 0.25) is 0 Å². The number of carbonyl (C=O) groups is 1. The molecule has 1 aliphatic rings. The maximum absolute atomic E-state index is 12.8. The Hall–Kier alpha value is -2.83. The average Bonchev–Trinajstić information content (AvgIpc) is 3.15. The quantitative estimate of drug-likeness (QED) is 0.696. The van der Waals surface area contributed by atoms with E-state index in [0.717, 1.165) is 62.0 Å². The number of carbonyl (C=O) groups excluding carboxylic acids is 1. The van der Waals surface area contributed by atoms with Crippen molar-refractivity contribution in [3.05, 3.63) is 48.0 Å². The largest absolute Gasteiger partial charge is 0.339 e. The molecule has 0 atom stereocenters. The van der Waals surface area contributed by atoms with Crippen LogP contribution in [0.4, 0.5) is 0 Å². The molecule has 0 radical (unpaired) electrons. The van der Waals surface area contributed by atoms with Crippen LogP contribution in [-0.4, -0.2) is 48.9 Å². The van der Waals surface area contributed by atoms with Crippen LogP contribution in [0.2, 0.25) is 0 Å². The van der Waals surface area contributed by atoms with Crippen molar-refractivity contribution >= 4 is 16.9 Å². The van der Waals surface area contributed by atoms with Gasteiger partial charge in [-0.1, -0.05) is 18.6 Å². The molecule has 0 saturated carbocycles. The molecular weight excluding hydrogens is 340 g/mol.